The molecule has 0 atom stereocenters. The van der Waals surface area contributed by atoms with E-state index >= 15 is 0 Å². The fourth-order valence-electron chi connectivity index (χ4n) is 2.07. The quantitative estimate of drug-likeness (QED) is 0.830. The van der Waals surface area contributed by atoms with Crippen molar-refractivity contribution in [1.29, 1.82) is 0 Å². The lowest BCUT2D eigenvalue weighted by atomic mass is 10.1. The van der Waals surface area contributed by atoms with Gasteiger partial charge in [-0.05, 0) is 25.0 Å². The van der Waals surface area contributed by atoms with E-state index in [-0.39, 0.29) is 11.9 Å². The van der Waals surface area contributed by atoms with Crippen LogP contribution in [0.1, 0.15) is 27.4 Å². The first-order chi connectivity index (χ1) is 9.22. The zero-order valence-electron chi connectivity index (χ0n) is 11.0. The Kier molecular flexibility index (Phi) is 4.97. The van der Waals surface area contributed by atoms with Crippen LogP contribution in [0.3, 0.4) is 0 Å². The van der Waals surface area contributed by atoms with Crippen molar-refractivity contribution in [2.24, 2.45) is 5.73 Å². The van der Waals surface area contributed by atoms with Gasteiger partial charge in [-0.2, -0.15) is 0 Å². The van der Waals surface area contributed by atoms with Crippen LogP contribution in [-0.4, -0.2) is 43.7 Å². The first-order valence-corrected chi connectivity index (χ1v) is 7.17. The fraction of sp³-hybridized carbons (Fsp3) is 0.500. The summed E-state index contributed by atoms with van der Waals surface area (Å²) in [4.78, 5) is 15.8. The molecule has 1 saturated heterocycles. The molecule has 1 aromatic rings. The second-order valence-corrected chi connectivity index (χ2v) is 5.51. The molecule has 2 N–H and O–H groups in total. The lowest BCUT2D eigenvalue weighted by molar-refractivity contribution is 0.0365. The Bertz CT molecular complexity index is 495. The minimum absolute atomic E-state index is 0.0673. The summed E-state index contributed by atoms with van der Waals surface area (Å²) in [5.41, 5.74) is 5.33. The summed E-state index contributed by atoms with van der Waals surface area (Å²) in [5, 5.41) is 0. The third-order valence-electron chi connectivity index (χ3n) is 3.19. The summed E-state index contributed by atoms with van der Waals surface area (Å²) in [6.45, 7) is 1.81. The zero-order valence-corrected chi connectivity index (χ0v) is 11.8. The van der Waals surface area contributed by atoms with Gasteiger partial charge in [0.2, 0.25) is 0 Å². The molecule has 2 heterocycles. The Morgan fingerprint density at radius 2 is 2.26 bits per heavy atom. The van der Waals surface area contributed by atoms with Crippen LogP contribution >= 0.6 is 11.3 Å². The van der Waals surface area contributed by atoms with Gasteiger partial charge in [0.1, 0.15) is 0 Å². The van der Waals surface area contributed by atoms with Gasteiger partial charge in [-0.15, -0.1) is 11.3 Å². The Morgan fingerprint density at radius 3 is 2.95 bits per heavy atom. The first-order valence-electron chi connectivity index (χ1n) is 6.36. The van der Waals surface area contributed by atoms with Crippen molar-refractivity contribution in [2.45, 2.75) is 18.9 Å². The number of ether oxygens (including phenoxy) is 1. The SMILES string of the molecule is CN(C(=O)c1ccc(C#CCN)s1)C1CCOCC1. The van der Waals surface area contributed by atoms with Crippen LogP contribution in [0.4, 0.5) is 0 Å². The highest BCUT2D eigenvalue weighted by Crippen LogP contribution is 2.20. The van der Waals surface area contributed by atoms with E-state index in [9.17, 15) is 4.79 Å². The standard InChI is InChI=1S/C14H18N2O2S/c1-16(11-6-9-18-10-7-11)14(17)13-5-4-12(19-13)3-2-8-15/h4-5,11H,6-10,15H2,1H3. The van der Waals surface area contributed by atoms with E-state index in [1.807, 2.05) is 24.1 Å². The molecule has 1 amide bonds. The largest absolute Gasteiger partial charge is 0.381 e. The van der Waals surface area contributed by atoms with Gasteiger partial charge < -0.3 is 15.4 Å². The van der Waals surface area contributed by atoms with Gasteiger partial charge in [0.15, 0.2) is 0 Å². The summed E-state index contributed by atoms with van der Waals surface area (Å²) in [5.74, 6) is 5.81. The Balaban J connectivity index is 2.03. The maximum Gasteiger partial charge on any atom is 0.263 e. The highest BCUT2D eigenvalue weighted by molar-refractivity contribution is 7.14. The number of nitrogens with two attached hydrogens (primary N) is 1. The summed E-state index contributed by atoms with van der Waals surface area (Å²) in [6, 6.07) is 3.99. The predicted octanol–water partition coefficient (Wildman–Crippen LogP) is 1.31. The number of nitrogens with zero attached hydrogens (tertiary/aromatic N) is 1. The third kappa shape index (κ3) is 3.57. The van der Waals surface area contributed by atoms with Crippen molar-refractivity contribution in [3.05, 3.63) is 21.9 Å². The Morgan fingerprint density at radius 1 is 1.53 bits per heavy atom. The molecule has 4 nitrogen and oxygen atoms in total. The van der Waals surface area contributed by atoms with E-state index in [4.69, 9.17) is 10.5 Å². The maximum atomic E-state index is 12.4. The molecule has 102 valence electrons. The normalized spacial score (nSPS) is 15.7. The summed E-state index contributed by atoms with van der Waals surface area (Å²) < 4.78 is 5.32. The van der Waals surface area contributed by atoms with Crippen LogP contribution in [0.25, 0.3) is 0 Å². The van der Waals surface area contributed by atoms with E-state index in [0.29, 0.717) is 6.54 Å². The number of carbonyl (C=O) groups excluding carboxylic acids is 1. The van der Waals surface area contributed by atoms with E-state index in [2.05, 4.69) is 11.8 Å². The van der Waals surface area contributed by atoms with Gasteiger partial charge in [-0.1, -0.05) is 11.8 Å². The highest BCUT2D eigenvalue weighted by Gasteiger charge is 2.24. The van der Waals surface area contributed by atoms with Crippen molar-refractivity contribution in [3.8, 4) is 11.8 Å². The molecule has 1 aliphatic heterocycles. The molecule has 0 aromatic carbocycles. The predicted molar refractivity (Wildman–Crippen MR) is 76.2 cm³/mol. The zero-order chi connectivity index (χ0) is 13.7. The minimum atomic E-state index is 0.0673. The van der Waals surface area contributed by atoms with Crippen LogP contribution in [0.5, 0.6) is 0 Å². The summed E-state index contributed by atoms with van der Waals surface area (Å²) >= 11 is 1.42. The molecule has 0 spiro atoms. The molecule has 19 heavy (non-hydrogen) atoms. The number of carbonyl (C=O) groups is 1. The molecular weight excluding hydrogens is 260 g/mol. The van der Waals surface area contributed by atoms with Crippen LogP contribution < -0.4 is 5.73 Å². The van der Waals surface area contributed by atoms with Crippen molar-refractivity contribution in [2.75, 3.05) is 26.8 Å². The molecule has 1 aliphatic rings. The second kappa shape index (κ2) is 6.71. The van der Waals surface area contributed by atoms with Crippen LogP contribution in [0.2, 0.25) is 0 Å². The van der Waals surface area contributed by atoms with Crippen molar-refractivity contribution in [1.82, 2.24) is 4.90 Å². The molecule has 2 rings (SSSR count). The lowest BCUT2D eigenvalue weighted by Crippen LogP contribution is -2.40. The Hall–Kier alpha value is -1.35. The summed E-state index contributed by atoms with van der Waals surface area (Å²) in [7, 11) is 1.86. The molecule has 0 unspecified atom stereocenters. The highest BCUT2D eigenvalue weighted by atomic mass is 32.1. The number of hydrogen-bond acceptors (Lipinski definition) is 4. The number of amides is 1. The van der Waals surface area contributed by atoms with Crippen molar-refractivity contribution < 1.29 is 9.53 Å². The minimum Gasteiger partial charge on any atom is -0.381 e. The lowest BCUT2D eigenvalue weighted by Gasteiger charge is -2.30. The average molecular weight is 278 g/mol. The van der Waals surface area contributed by atoms with E-state index < -0.39 is 0 Å². The smallest absolute Gasteiger partial charge is 0.263 e. The van der Waals surface area contributed by atoms with Gasteiger partial charge in [-0.3, -0.25) is 4.79 Å². The summed E-state index contributed by atoms with van der Waals surface area (Å²) in [6.07, 6.45) is 1.82. The molecule has 1 aromatic heterocycles. The molecule has 5 heteroatoms. The molecule has 1 fully saturated rings. The average Bonchev–Trinajstić information content (AvgIpc) is 2.93. The molecule has 0 bridgehead atoms. The topological polar surface area (TPSA) is 55.6 Å². The second-order valence-electron chi connectivity index (χ2n) is 4.43. The van der Waals surface area contributed by atoms with Crippen molar-refractivity contribution in [3.63, 3.8) is 0 Å². The van der Waals surface area contributed by atoms with Crippen LogP contribution in [0.15, 0.2) is 12.1 Å². The van der Waals surface area contributed by atoms with E-state index in [1.165, 1.54) is 11.3 Å². The number of thiophene rings is 1. The van der Waals surface area contributed by atoms with E-state index in [1.54, 1.807) is 0 Å². The third-order valence-corrected chi connectivity index (χ3v) is 4.18. The van der Waals surface area contributed by atoms with Crippen molar-refractivity contribution >= 4 is 17.2 Å². The van der Waals surface area contributed by atoms with Crippen LogP contribution in [-0.2, 0) is 4.74 Å². The molecule has 0 radical (unpaired) electrons. The number of hydrogen-bond donors (Lipinski definition) is 1. The van der Waals surface area contributed by atoms with E-state index in [0.717, 1.165) is 35.8 Å². The van der Waals surface area contributed by atoms with Gasteiger partial charge in [-0.25, -0.2) is 0 Å². The number of rotatable bonds is 2. The van der Waals surface area contributed by atoms with Gasteiger partial charge >= 0.3 is 0 Å². The monoisotopic (exact) mass is 278 g/mol. The van der Waals surface area contributed by atoms with Gasteiger partial charge in [0.25, 0.3) is 5.91 Å². The molecule has 0 saturated carbocycles. The van der Waals surface area contributed by atoms with Gasteiger partial charge in [0.05, 0.1) is 16.3 Å². The maximum absolute atomic E-state index is 12.4. The van der Waals surface area contributed by atoms with Crippen LogP contribution in [0, 0.1) is 11.8 Å². The fourth-order valence-corrected chi connectivity index (χ4v) is 2.93. The molecule has 0 aliphatic carbocycles. The Labute approximate surface area is 117 Å². The van der Waals surface area contributed by atoms with Gasteiger partial charge in [0, 0.05) is 26.3 Å². The first kappa shape index (κ1) is 14.1. The molecular formula is C14H18N2O2S.